The van der Waals surface area contributed by atoms with Crippen molar-refractivity contribution in [2.75, 3.05) is 46.9 Å². The van der Waals surface area contributed by atoms with Crippen LogP contribution >= 0.6 is 0 Å². The van der Waals surface area contributed by atoms with E-state index in [9.17, 15) is 4.79 Å². The predicted octanol–water partition coefficient (Wildman–Crippen LogP) is 2.44. The molecule has 1 heterocycles. The van der Waals surface area contributed by atoms with E-state index in [0.717, 1.165) is 50.6 Å². The number of carbonyl (C=O) groups is 1. The molecule has 0 bridgehead atoms. The van der Waals surface area contributed by atoms with Crippen molar-refractivity contribution in [3.8, 4) is 11.5 Å². The SMILES string of the molecule is COc1ccc(CCN2CCN(C(=O)C(C)(C)C)CC2)cc1OC. The highest BCUT2D eigenvalue weighted by atomic mass is 16.5. The molecule has 0 aromatic heterocycles. The molecule has 1 aliphatic heterocycles. The van der Waals surface area contributed by atoms with Crippen LogP contribution in [0, 0.1) is 5.41 Å². The molecule has 0 atom stereocenters. The van der Waals surface area contributed by atoms with Crippen LogP contribution in [0.5, 0.6) is 11.5 Å². The number of ether oxygens (including phenoxy) is 2. The molecule has 5 nitrogen and oxygen atoms in total. The largest absolute Gasteiger partial charge is 0.493 e. The Morgan fingerprint density at radius 3 is 2.21 bits per heavy atom. The van der Waals surface area contributed by atoms with Gasteiger partial charge in [0.05, 0.1) is 14.2 Å². The highest BCUT2D eigenvalue weighted by molar-refractivity contribution is 5.81. The third-order valence-corrected chi connectivity index (χ3v) is 4.47. The second-order valence-electron chi connectivity index (χ2n) is 7.32. The van der Waals surface area contributed by atoms with Gasteiger partial charge in [0.1, 0.15) is 0 Å². The molecule has 24 heavy (non-hydrogen) atoms. The lowest BCUT2D eigenvalue weighted by Gasteiger charge is -2.37. The van der Waals surface area contributed by atoms with E-state index in [1.54, 1.807) is 14.2 Å². The van der Waals surface area contributed by atoms with Crippen LogP contribution in [-0.4, -0.2) is 62.7 Å². The number of hydrogen-bond acceptors (Lipinski definition) is 4. The molecule has 1 saturated heterocycles. The Bertz CT molecular complexity index is 558. The molecule has 1 aromatic rings. The van der Waals surface area contributed by atoms with Gasteiger partial charge in [-0.15, -0.1) is 0 Å². The number of rotatable bonds is 5. The molecule has 0 radical (unpaired) electrons. The van der Waals surface area contributed by atoms with Crippen molar-refractivity contribution in [1.82, 2.24) is 9.80 Å². The van der Waals surface area contributed by atoms with E-state index in [0.29, 0.717) is 0 Å². The van der Waals surface area contributed by atoms with Crippen molar-refractivity contribution in [3.05, 3.63) is 23.8 Å². The summed E-state index contributed by atoms with van der Waals surface area (Å²) in [4.78, 5) is 16.7. The summed E-state index contributed by atoms with van der Waals surface area (Å²) >= 11 is 0. The Kier molecular flexibility index (Phi) is 6.10. The van der Waals surface area contributed by atoms with Gasteiger partial charge in [-0.3, -0.25) is 9.69 Å². The Labute approximate surface area is 145 Å². The van der Waals surface area contributed by atoms with Gasteiger partial charge in [-0.1, -0.05) is 26.8 Å². The quantitative estimate of drug-likeness (QED) is 0.829. The van der Waals surface area contributed by atoms with Crippen molar-refractivity contribution < 1.29 is 14.3 Å². The van der Waals surface area contributed by atoms with E-state index in [2.05, 4.69) is 11.0 Å². The van der Waals surface area contributed by atoms with Crippen LogP contribution in [0.25, 0.3) is 0 Å². The maximum Gasteiger partial charge on any atom is 0.228 e. The lowest BCUT2D eigenvalue weighted by molar-refractivity contribution is -0.141. The van der Waals surface area contributed by atoms with Crippen LogP contribution in [0.4, 0.5) is 0 Å². The van der Waals surface area contributed by atoms with Gasteiger partial charge in [0.2, 0.25) is 5.91 Å². The minimum atomic E-state index is -0.290. The molecule has 1 amide bonds. The lowest BCUT2D eigenvalue weighted by Crippen LogP contribution is -2.51. The first-order valence-electron chi connectivity index (χ1n) is 8.58. The maximum atomic E-state index is 12.3. The summed E-state index contributed by atoms with van der Waals surface area (Å²) in [5, 5.41) is 0. The Morgan fingerprint density at radius 1 is 1.04 bits per heavy atom. The van der Waals surface area contributed by atoms with Crippen molar-refractivity contribution in [1.29, 1.82) is 0 Å². The number of benzene rings is 1. The van der Waals surface area contributed by atoms with Crippen molar-refractivity contribution in [2.45, 2.75) is 27.2 Å². The van der Waals surface area contributed by atoms with Gasteiger partial charge in [-0.2, -0.15) is 0 Å². The number of carbonyl (C=O) groups excluding carboxylic acids is 1. The Hall–Kier alpha value is -1.75. The highest BCUT2D eigenvalue weighted by Gasteiger charge is 2.29. The van der Waals surface area contributed by atoms with Crippen LogP contribution in [0.3, 0.4) is 0 Å². The molecular weight excluding hydrogens is 304 g/mol. The van der Waals surface area contributed by atoms with Crippen molar-refractivity contribution in [2.24, 2.45) is 5.41 Å². The first kappa shape index (κ1) is 18.6. The van der Waals surface area contributed by atoms with Gasteiger partial charge in [-0.25, -0.2) is 0 Å². The fourth-order valence-electron chi connectivity index (χ4n) is 2.97. The summed E-state index contributed by atoms with van der Waals surface area (Å²) in [5.74, 6) is 1.79. The van der Waals surface area contributed by atoms with E-state index in [1.807, 2.05) is 37.8 Å². The summed E-state index contributed by atoms with van der Waals surface area (Å²) in [6.45, 7) is 10.5. The highest BCUT2D eigenvalue weighted by Crippen LogP contribution is 2.27. The normalized spacial score (nSPS) is 16.1. The van der Waals surface area contributed by atoms with Crippen molar-refractivity contribution >= 4 is 5.91 Å². The summed E-state index contributed by atoms with van der Waals surface area (Å²) in [7, 11) is 3.31. The minimum Gasteiger partial charge on any atom is -0.493 e. The van der Waals surface area contributed by atoms with Crippen LogP contribution in [0.1, 0.15) is 26.3 Å². The molecule has 1 fully saturated rings. The Balaban J connectivity index is 1.84. The van der Waals surface area contributed by atoms with Crippen LogP contribution in [0.15, 0.2) is 18.2 Å². The average molecular weight is 334 g/mol. The van der Waals surface area contributed by atoms with Crippen LogP contribution in [-0.2, 0) is 11.2 Å². The monoisotopic (exact) mass is 334 g/mol. The van der Waals surface area contributed by atoms with Crippen LogP contribution < -0.4 is 9.47 Å². The minimum absolute atomic E-state index is 0.252. The molecule has 0 spiro atoms. The number of amides is 1. The number of piperazine rings is 1. The molecule has 1 aromatic carbocycles. The van der Waals surface area contributed by atoms with Gasteiger partial charge in [-0.05, 0) is 24.1 Å². The molecule has 1 aliphatic rings. The molecule has 134 valence electrons. The zero-order valence-electron chi connectivity index (χ0n) is 15.6. The van der Waals surface area contributed by atoms with E-state index in [4.69, 9.17) is 9.47 Å². The molecule has 2 rings (SSSR count). The van der Waals surface area contributed by atoms with Gasteiger partial charge >= 0.3 is 0 Å². The molecular formula is C19H30N2O3. The second-order valence-corrected chi connectivity index (χ2v) is 7.32. The first-order valence-corrected chi connectivity index (χ1v) is 8.58. The summed E-state index contributed by atoms with van der Waals surface area (Å²) < 4.78 is 10.6. The molecule has 0 unspecified atom stereocenters. The molecule has 0 saturated carbocycles. The van der Waals surface area contributed by atoms with Gasteiger partial charge in [0, 0.05) is 38.1 Å². The summed E-state index contributed by atoms with van der Waals surface area (Å²) in [6, 6.07) is 6.08. The van der Waals surface area contributed by atoms with Crippen LogP contribution in [0.2, 0.25) is 0 Å². The molecule has 0 aliphatic carbocycles. The number of hydrogen-bond donors (Lipinski definition) is 0. The number of methoxy groups -OCH3 is 2. The van der Waals surface area contributed by atoms with E-state index < -0.39 is 0 Å². The second kappa shape index (κ2) is 7.88. The summed E-state index contributed by atoms with van der Waals surface area (Å²) in [6.07, 6.45) is 0.966. The zero-order chi connectivity index (χ0) is 17.7. The zero-order valence-corrected chi connectivity index (χ0v) is 15.6. The third-order valence-electron chi connectivity index (χ3n) is 4.47. The van der Waals surface area contributed by atoms with E-state index >= 15 is 0 Å². The maximum absolute atomic E-state index is 12.3. The Morgan fingerprint density at radius 2 is 1.67 bits per heavy atom. The van der Waals surface area contributed by atoms with E-state index in [1.165, 1.54) is 5.56 Å². The first-order chi connectivity index (χ1) is 11.3. The standard InChI is InChI=1S/C19H30N2O3/c1-19(2,3)18(22)21-12-10-20(11-13-21)9-8-15-6-7-16(23-4)17(14-15)24-5/h6-7,14H,8-13H2,1-5H3. The van der Waals surface area contributed by atoms with Crippen molar-refractivity contribution in [3.63, 3.8) is 0 Å². The van der Waals surface area contributed by atoms with Gasteiger partial charge in [0.15, 0.2) is 11.5 Å². The molecule has 0 N–H and O–H groups in total. The third kappa shape index (κ3) is 4.63. The number of nitrogens with zero attached hydrogens (tertiary/aromatic N) is 2. The average Bonchev–Trinajstić information content (AvgIpc) is 2.58. The van der Waals surface area contributed by atoms with Gasteiger partial charge in [0.25, 0.3) is 0 Å². The molecule has 5 heteroatoms. The topological polar surface area (TPSA) is 42.0 Å². The smallest absolute Gasteiger partial charge is 0.228 e. The van der Waals surface area contributed by atoms with Gasteiger partial charge < -0.3 is 14.4 Å². The fraction of sp³-hybridized carbons (Fsp3) is 0.632. The summed E-state index contributed by atoms with van der Waals surface area (Å²) in [5.41, 5.74) is 0.947. The fourth-order valence-corrected chi connectivity index (χ4v) is 2.97. The lowest BCUT2D eigenvalue weighted by atomic mass is 9.94. The van der Waals surface area contributed by atoms with E-state index in [-0.39, 0.29) is 11.3 Å². The predicted molar refractivity (Wildman–Crippen MR) is 95.7 cm³/mol.